The highest BCUT2D eigenvalue weighted by Crippen LogP contribution is 2.39. The molecule has 0 unspecified atom stereocenters. The molecule has 0 heterocycles. The Labute approximate surface area is 117 Å². The van der Waals surface area contributed by atoms with E-state index in [0.29, 0.717) is 13.0 Å². The second kappa shape index (κ2) is 6.24. The number of ether oxygens (including phenoxy) is 1. The summed E-state index contributed by atoms with van der Waals surface area (Å²) in [7, 11) is 0. The number of nitrogens with one attached hydrogen (secondary N) is 1. The molecule has 0 aliphatic heterocycles. The van der Waals surface area contributed by atoms with Crippen molar-refractivity contribution in [2.75, 3.05) is 6.61 Å². The minimum absolute atomic E-state index is 0.0585. The lowest BCUT2D eigenvalue weighted by molar-refractivity contribution is -0.149. The number of hydrogen-bond acceptors (Lipinski definition) is 4. The van der Waals surface area contributed by atoms with Crippen LogP contribution in [-0.2, 0) is 19.1 Å². The lowest BCUT2D eigenvalue weighted by Gasteiger charge is -2.27. The van der Waals surface area contributed by atoms with Gasteiger partial charge in [-0.3, -0.25) is 14.4 Å². The number of rotatable bonds is 5. The molecule has 0 spiro atoms. The van der Waals surface area contributed by atoms with Gasteiger partial charge in [-0.2, -0.15) is 0 Å². The van der Waals surface area contributed by atoms with Crippen LogP contribution in [0.5, 0.6) is 0 Å². The monoisotopic (exact) mass is 283 g/mol. The summed E-state index contributed by atoms with van der Waals surface area (Å²) >= 11 is 0. The first kappa shape index (κ1) is 14.8. The molecule has 0 aromatic rings. The van der Waals surface area contributed by atoms with Gasteiger partial charge >= 0.3 is 11.9 Å². The van der Waals surface area contributed by atoms with Crippen molar-refractivity contribution in [1.82, 2.24) is 5.32 Å². The van der Waals surface area contributed by atoms with E-state index < -0.39 is 11.9 Å². The summed E-state index contributed by atoms with van der Waals surface area (Å²) in [5, 5.41) is 11.7. The number of hydrogen-bond donors (Lipinski definition) is 2. The van der Waals surface area contributed by atoms with Crippen molar-refractivity contribution in [3.05, 3.63) is 0 Å². The molecule has 0 aromatic carbocycles. The fraction of sp³-hybridized carbons (Fsp3) is 0.786. The molecule has 2 rings (SSSR count). The fourth-order valence-corrected chi connectivity index (χ4v) is 2.80. The summed E-state index contributed by atoms with van der Waals surface area (Å²) < 4.78 is 4.99. The average Bonchev–Trinajstić information content (AvgIpc) is 3.20. The number of carboxylic acids is 1. The number of carbonyl (C=O) groups is 3. The van der Waals surface area contributed by atoms with E-state index in [0.717, 1.165) is 25.7 Å². The van der Waals surface area contributed by atoms with Crippen LogP contribution in [-0.4, -0.2) is 35.6 Å². The van der Waals surface area contributed by atoms with E-state index in [1.165, 1.54) is 0 Å². The van der Waals surface area contributed by atoms with Crippen molar-refractivity contribution in [2.24, 2.45) is 17.8 Å². The molecule has 0 aromatic heterocycles. The van der Waals surface area contributed by atoms with Gasteiger partial charge in [0.15, 0.2) is 0 Å². The Bertz CT molecular complexity index is 400. The normalized spacial score (nSPS) is 32.2. The molecule has 0 radical (unpaired) electrons. The molecular weight excluding hydrogens is 262 g/mol. The van der Waals surface area contributed by atoms with Crippen molar-refractivity contribution in [3.8, 4) is 0 Å². The lowest BCUT2D eigenvalue weighted by Crippen LogP contribution is -2.40. The van der Waals surface area contributed by atoms with Crippen LogP contribution in [0.2, 0.25) is 0 Å². The lowest BCUT2D eigenvalue weighted by atomic mass is 9.86. The molecule has 6 heteroatoms. The van der Waals surface area contributed by atoms with Crippen LogP contribution >= 0.6 is 0 Å². The van der Waals surface area contributed by atoms with Crippen LogP contribution in [0.4, 0.5) is 0 Å². The van der Waals surface area contributed by atoms with Gasteiger partial charge in [-0.1, -0.05) is 0 Å². The summed E-state index contributed by atoms with van der Waals surface area (Å²) in [6.45, 7) is 2.19. The van der Waals surface area contributed by atoms with Gasteiger partial charge in [0.1, 0.15) is 0 Å². The summed E-state index contributed by atoms with van der Waals surface area (Å²) in [6.07, 6.45) is 3.38. The van der Waals surface area contributed by atoms with E-state index in [1.807, 2.05) is 0 Å². The van der Waals surface area contributed by atoms with Crippen molar-refractivity contribution >= 4 is 17.8 Å². The van der Waals surface area contributed by atoms with Gasteiger partial charge in [0.25, 0.3) is 0 Å². The van der Waals surface area contributed by atoms with Crippen LogP contribution in [0.15, 0.2) is 0 Å². The predicted molar refractivity (Wildman–Crippen MR) is 69.8 cm³/mol. The molecule has 6 nitrogen and oxygen atoms in total. The predicted octanol–water partition coefficient (Wildman–Crippen LogP) is 0.945. The highest BCUT2D eigenvalue weighted by atomic mass is 16.5. The Morgan fingerprint density at radius 1 is 1.15 bits per heavy atom. The first-order valence-corrected chi connectivity index (χ1v) is 7.22. The summed E-state index contributed by atoms with van der Waals surface area (Å²) in [5.74, 6) is -2.13. The van der Waals surface area contributed by atoms with Gasteiger partial charge in [-0.15, -0.1) is 0 Å². The summed E-state index contributed by atoms with van der Waals surface area (Å²) in [4.78, 5) is 34.1. The Balaban J connectivity index is 1.71. The summed E-state index contributed by atoms with van der Waals surface area (Å²) in [5.41, 5.74) is 0. The molecule has 2 saturated carbocycles. The number of esters is 1. The molecular formula is C14H21NO5. The fourth-order valence-electron chi connectivity index (χ4n) is 2.80. The van der Waals surface area contributed by atoms with Crippen molar-refractivity contribution in [2.45, 2.75) is 45.1 Å². The summed E-state index contributed by atoms with van der Waals surface area (Å²) in [6, 6.07) is 0.0585. The highest BCUT2D eigenvalue weighted by Gasteiger charge is 2.48. The van der Waals surface area contributed by atoms with Gasteiger partial charge in [0.05, 0.1) is 24.4 Å². The Hall–Kier alpha value is -1.59. The van der Waals surface area contributed by atoms with E-state index in [1.54, 1.807) is 6.92 Å². The maximum absolute atomic E-state index is 11.8. The number of amides is 1. The minimum Gasteiger partial charge on any atom is -0.481 e. The van der Waals surface area contributed by atoms with Gasteiger partial charge in [-0.05, 0) is 39.0 Å². The van der Waals surface area contributed by atoms with Crippen LogP contribution in [0, 0.1) is 17.8 Å². The van der Waals surface area contributed by atoms with Crippen LogP contribution in [0.25, 0.3) is 0 Å². The maximum atomic E-state index is 11.8. The molecule has 2 atom stereocenters. The molecule has 0 bridgehead atoms. The Morgan fingerprint density at radius 3 is 2.30 bits per heavy atom. The zero-order chi connectivity index (χ0) is 14.7. The quantitative estimate of drug-likeness (QED) is 0.733. The molecule has 0 saturated heterocycles. The van der Waals surface area contributed by atoms with Crippen LogP contribution in [0.1, 0.15) is 39.0 Å². The molecule has 2 aliphatic carbocycles. The van der Waals surface area contributed by atoms with Gasteiger partial charge in [0, 0.05) is 6.04 Å². The van der Waals surface area contributed by atoms with Gasteiger partial charge < -0.3 is 15.2 Å². The zero-order valence-corrected chi connectivity index (χ0v) is 11.6. The first-order valence-electron chi connectivity index (χ1n) is 7.22. The molecule has 112 valence electrons. The van der Waals surface area contributed by atoms with E-state index in [4.69, 9.17) is 9.84 Å². The largest absolute Gasteiger partial charge is 0.481 e. The standard InChI is InChI=1S/C14H21NO5/c1-2-20-14(19)8-3-5-9(6-4-8)15-12(16)10-7-11(10)13(17)18/h8-11H,2-7H2,1H3,(H,15,16)(H,17,18)/t8?,9?,10-,11+/m1/s1. The molecule has 2 fully saturated rings. The van der Waals surface area contributed by atoms with Crippen molar-refractivity contribution in [3.63, 3.8) is 0 Å². The Kier molecular flexibility index (Phi) is 4.62. The minimum atomic E-state index is -0.892. The van der Waals surface area contributed by atoms with E-state index in [9.17, 15) is 14.4 Å². The third-order valence-corrected chi connectivity index (χ3v) is 4.14. The van der Waals surface area contributed by atoms with Gasteiger partial charge in [0.2, 0.25) is 5.91 Å². The maximum Gasteiger partial charge on any atom is 0.308 e. The number of carboxylic acid groups (broad SMARTS) is 1. The van der Waals surface area contributed by atoms with Crippen molar-refractivity contribution < 1.29 is 24.2 Å². The van der Waals surface area contributed by atoms with Gasteiger partial charge in [-0.25, -0.2) is 0 Å². The second-order valence-electron chi connectivity index (χ2n) is 5.60. The van der Waals surface area contributed by atoms with E-state index in [2.05, 4.69) is 5.32 Å². The topological polar surface area (TPSA) is 92.7 Å². The van der Waals surface area contributed by atoms with E-state index in [-0.39, 0.29) is 29.8 Å². The van der Waals surface area contributed by atoms with Crippen LogP contribution < -0.4 is 5.32 Å². The third kappa shape index (κ3) is 3.49. The molecule has 1 amide bonds. The molecule has 20 heavy (non-hydrogen) atoms. The third-order valence-electron chi connectivity index (χ3n) is 4.14. The first-order chi connectivity index (χ1) is 9.52. The second-order valence-corrected chi connectivity index (χ2v) is 5.60. The number of aliphatic carboxylic acids is 1. The SMILES string of the molecule is CCOC(=O)C1CCC(NC(=O)[C@@H]2C[C@@H]2C(=O)O)CC1. The molecule has 2 N–H and O–H groups in total. The number of carbonyl (C=O) groups excluding carboxylic acids is 2. The smallest absolute Gasteiger partial charge is 0.308 e. The highest BCUT2D eigenvalue weighted by molar-refractivity contribution is 5.89. The van der Waals surface area contributed by atoms with E-state index >= 15 is 0 Å². The Morgan fingerprint density at radius 2 is 1.80 bits per heavy atom. The molecule has 2 aliphatic rings. The zero-order valence-electron chi connectivity index (χ0n) is 11.6. The van der Waals surface area contributed by atoms with Crippen molar-refractivity contribution in [1.29, 1.82) is 0 Å². The average molecular weight is 283 g/mol. The van der Waals surface area contributed by atoms with Crippen LogP contribution in [0.3, 0.4) is 0 Å².